The van der Waals surface area contributed by atoms with E-state index in [0.29, 0.717) is 5.56 Å². The van der Waals surface area contributed by atoms with Crippen LogP contribution >= 0.6 is 0 Å². The van der Waals surface area contributed by atoms with E-state index in [4.69, 9.17) is 4.42 Å². The summed E-state index contributed by atoms with van der Waals surface area (Å²) in [6.45, 7) is 3.67. The van der Waals surface area contributed by atoms with E-state index in [1.54, 1.807) is 12.3 Å². The van der Waals surface area contributed by atoms with Gasteiger partial charge in [0.15, 0.2) is 0 Å². The zero-order chi connectivity index (χ0) is 9.97. The van der Waals surface area contributed by atoms with E-state index in [-0.39, 0.29) is 11.9 Å². The summed E-state index contributed by atoms with van der Waals surface area (Å²) in [6.07, 6.45) is 5.95. The van der Waals surface area contributed by atoms with Gasteiger partial charge in [-0.25, -0.2) is 0 Å². The molecule has 1 N–H and O–H groups in total. The van der Waals surface area contributed by atoms with E-state index in [1.165, 1.54) is 0 Å². The molecule has 3 heteroatoms. The van der Waals surface area contributed by atoms with Gasteiger partial charge in [-0.3, -0.25) is 4.79 Å². The molecule has 0 aromatic carbocycles. The number of amides is 1. The molecule has 0 aliphatic carbocycles. The Hall–Kier alpha value is -1.51. The molecule has 1 aliphatic rings. The molecule has 1 unspecified atom stereocenters. The Labute approximate surface area is 82.8 Å². The number of carbonyl (C=O) groups is 1. The molecule has 0 radical (unpaired) electrons. The summed E-state index contributed by atoms with van der Waals surface area (Å²) in [7, 11) is 0. The third kappa shape index (κ3) is 1.58. The Morgan fingerprint density at radius 3 is 3.36 bits per heavy atom. The molecule has 2 rings (SSSR count). The van der Waals surface area contributed by atoms with Crippen LogP contribution in [-0.2, 0) is 6.42 Å². The summed E-state index contributed by atoms with van der Waals surface area (Å²) in [5, 5.41) is 2.95. The van der Waals surface area contributed by atoms with Gasteiger partial charge in [0.1, 0.15) is 5.76 Å². The first-order chi connectivity index (χ1) is 6.81. The second kappa shape index (κ2) is 3.70. The zero-order valence-corrected chi connectivity index (χ0v) is 7.95. The van der Waals surface area contributed by atoms with Crippen molar-refractivity contribution in [3.63, 3.8) is 0 Å². The van der Waals surface area contributed by atoms with Gasteiger partial charge in [0.25, 0.3) is 5.91 Å². The van der Waals surface area contributed by atoms with Crippen molar-refractivity contribution in [1.82, 2.24) is 5.32 Å². The second-order valence-corrected chi connectivity index (χ2v) is 3.49. The van der Waals surface area contributed by atoms with E-state index < -0.39 is 0 Å². The highest BCUT2D eigenvalue weighted by Gasteiger charge is 2.22. The van der Waals surface area contributed by atoms with Crippen LogP contribution in [0.4, 0.5) is 0 Å². The first-order valence-corrected chi connectivity index (χ1v) is 4.79. The van der Waals surface area contributed by atoms with Crippen LogP contribution in [0.1, 0.15) is 29.0 Å². The summed E-state index contributed by atoms with van der Waals surface area (Å²) < 4.78 is 5.25. The lowest BCUT2D eigenvalue weighted by Crippen LogP contribution is -2.32. The van der Waals surface area contributed by atoms with E-state index in [9.17, 15) is 4.79 Å². The van der Waals surface area contributed by atoms with Gasteiger partial charge in [0, 0.05) is 12.5 Å². The van der Waals surface area contributed by atoms with Gasteiger partial charge in [-0.05, 0) is 18.9 Å². The monoisotopic (exact) mass is 191 g/mol. The lowest BCUT2D eigenvalue weighted by molar-refractivity contribution is 0.0939. The van der Waals surface area contributed by atoms with Gasteiger partial charge in [-0.1, -0.05) is 6.08 Å². The smallest absolute Gasteiger partial charge is 0.255 e. The molecule has 14 heavy (non-hydrogen) atoms. The Morgan fingerprint density at radius 1 is 1.71 bits per heavy atom. The summed E-state index contributed by atoms with van der Waals surface area (Å²) in [6, 6.07) is 1.92. The molecule has 0 fully saturated rings. The highest BCUT2D eigenvalue weighted by molar-refractivity contribution is 5.95. The predicted molar refractivity (Wildman–Crippen MR) is 53.1 cm³/mol. The predicted octanol–water partition coefficient (Wildman–Crippen LogP) is 1.90. The van der Waals surface area contributed by atoms with Crippen molar-refractivity contribution in [2.24, 2.45) is 0 Å². The van der Waals surface area contributed by atoms with E-state index in [1.807, 2.05) is 6.08 Å². The number of aryl methyl sites for hydroxylation is 1. The van der Waals surface area contributed by atoms with Crippen LogP contribution in [0.15, 0.2) is 29.4 Å². The van der Waals surface area contributed by atoms with Crippen LogP contribution in [0.25, 0.3) is 0 Å². The second-order valence-electron chi connectivity index (χ2n) is 3.49. The molecule has 1 aromatic heterocycles. The average molecular weight is 191 g/mol. The van der Waals surface area contributed by atoms with Gasteiger partial charge in [0.2, 0.25) is 0 Å². The quantitative estimate of drug-likeness (QED) is 0.725. The van der Waals surface area contributed by atoms with Crippen LogP contribution in [0, 0.1) is 0 Å². The molecule has 2 heterocycles. The van der Waals surface area contributed by atoms with E-state index >= 15 is 0 Å². The van der Waals surface area contributed by atoms with Crippen LogP contribution < -0.4 is 5.32 Å². The topological polar surface area (TPSA) is 42.2 Å². The first-order valence-electron chi connectivity index (χ1n) is 4.79. The number of hydrogen-bond donors (Lipinski definition) is 1. The summed E-state index contributed by atoms with van der Waals surface area (Å²) in [4.78, 5) is 11.6. The van der Waals surface area contributed by atoms with Crippen molar-refractivity contribution in [3.8, 4) is 0 Å². The molecule has 0 bridgehead atoms. The lowest BCUT2D eigenvalue weighted by Gasteiger charge is -2.12. The Morgan fingerprint density at radius 2 is 2.57 bits per heavy atom. The molecular formula is C11H13NO2. The first kappa shape index (κ1) is 9.06. The number of hydrogen-bond acceptors (Lipinski definition) is 2. The molecule has 0 saturated carbocycles. The van der Waals surface area contributed by atoms with Crippen molar-refractivity contribution in [3.05, 3.63) is 36.3 Å². The van der Waals surface area contributed by atoms with E-state index in [0.717, 1.165) is 25.0 Å². The van der Waals surface area contributed by atoms with Gasteiger partial charge in [0.05, 0.1) is 11.8 Å². The Kier molecular flexibility index (Phi) is 2.39. The largest absolute Gasteiger partial charge is 0.469 e. The maximum atomic E-state index is 11.6. The Bertz CT molecular complexity index is 354. The fraction of sp³-hybridized carbons (Fsp3) is 0.364. The summed E-state index contributed by atoms with van der Waals surface area (Å²) in [5.41, 5.74) is 0.677. The molecular weight excluding hydrogens is 178 g/mol. The van der Waals surface area contributed by atoms with Crippen molar-refractivity contribution >= 4 is 5.91 Å². The third-order valence-corrected chi connectivity index (χ3v) is 2.50. The molecule has 0 saturated heterocycles. The summed E-state index contributed by atoms with van der Waals surface area (Å²) in [5.74, 6) is 0.771. The number of furan rings is 1. The highest BCUT2D eigenvalue weighted by atomic mass is 16.3. The van der Waals surface area contributed by atoms with Crippen LogP contribution in [0.2, 0.25) is 0 Å². The Balaban J connectivity index is 2.18. The van der Waals surface area contributed by atoms with E-state index in [2.05, 4.69) is 11.9 Å². The van der Waals surface area contributed by atoms with Crippen molar-refractivity contribution < 1.29 is 9.21 Å². The van der Waals surface area contributed by atoms with Crippen LogP contribution in [-0.4, -0.2) is 11.9 Å². The molecule has 0 spiro atoms. The average Bonchev–Trinajstić information content (AvgIpc) is 2.57. The standard InChI is InChI=1S/C11H13NO2/c1-2-3-8-4-5-10-9(6-7-14-10)11(13)12-8/h2,6-8H,1,3-5H2,(H,12,13). The summed E-state index contributed by atoms with van der Waals surface area (Å²) >= 11 is 0. The zero-order valence-electron chi connectivity index (χ0n) is 7.95. The molecule has 1 atom stereocenters. The van der Waals surface area contributed by atoms with Crippen molar-refractivity contribution in [2.75, 3.05) is 0 Å². The van der Waals surface area contributed by atoms with Gasteiger partial charge in [-0.2, -0.15) is 0 Å². The number of nitrogens with one attached hydrogen (secondary N) is 1. The maximum absolute atomic E-state index is 11.6. The molecule has 1 aliphatic heterocycles. The minimum Gasteiger partial charge on any atom is -0.469 e. The van der Waals surface area contributed by atoms with Gasteiger partial charge < -0.3 is 9.73 Å². The number of fused-ring (bicyclic) bond motifs is 1. The fourth-order valence-corrected chi connectivity index (χ4v) is 1.76. The molecule has 1 amide bonds. The van der Waals surface area contributed by atoms with Gasteiger partial charge >= 0.3 is 0 Å². The SMILES string of the molecule is C=CCC1CCc2occc2C(=O)N1. The third-order valence-electron chi connectivity index (χ3n) is 2.50. The minimum absolute atomic E-state index is 0.0295. The maximum Gasteiger partial charge on any atom is 0.255 e. The lowest BCUT2D eigenvalue weighted by atomic mass is 10.1. The van der Waals surface area contributed by atoms with Crippen LogP contribution in [0.3, 0.4) is 0 Å². The molecule has 1 aromatic rings. The van der Waals surface area contributed by atoms with Crippen LogP contribution in [0.5, 0.6) is 0 Å². The number of carbonyl (C=O) groups excluding carboxylic acids is 1. The van der Waals surface area contributed by atoms with Gasteiger partial charge in [-0.15, -0.1) is 6.58 Å². The normalized spacial score (nSPS) is 20.9. The fourth-order valence-electron chi connectivity index (χ4n) is 1.76. The van der Waals surface area contributed by atoms with Crippen molar-refractivity contribution in [1.29, 1.82) is 0 Å². The highest BCUT2D eigenvalue weighted by Crippen LogP contribution is 2.18. The van der Waals surface area contributed by atoms with Crippen molar-refractivity contribution in [2.45, 2.75) is 25.3 Å². The molecule has 74 valence electrons. The number of rotatable bonds is 2. The minimum atomic E-state index is -0.0295. The molecule has 3 nitrogen and oxygen atoms in total.